The number of carboxylic acid groups (broad SMARTS) is 3. The second-order valence-electron chi connectivity index (χ2n) is 8.75. The van der Waals surface area contributed by atoms with E-state index in [-0.39, 0.29) is 55.8 Å². The minimum Gasteiger partial charge on any atom is -0.481 e. The molecule has 40 heavy (non-hydrogen) atoms. The number of amides is 3. The highest BCUT2D eigenvalue weighted by Gasteiger charge is 2.37. The summed E-state index contributed by atoms with van der Waals surface area (Å²) in [5.74, 6) is -8.63. The zero-order valence-electron chi connectivity index (χ0n) is 21.4. The molecule has 0 bridgehead atoms. The quantitative estimate of drug-likeness (QED) is 0.275. The molecular formula is C25H28N4O11. The zero-order valence-corrected chi connectivity index (χ0v) is 21.4. The molecule has 3 amide bonds. The topological polar surface area (TPSA) is 227 Å². The molecule has 15 heteroatoms. The van der Waals surface area contributed by atoms with Gasteiger partial charge in [-0.25, -0.2) is 14.4 Å². The molecule has 1 aromatic carbocycles. The van der Waals surface area contributed by atoms with Crippen LogP contribution < -0.4 is 10.5 Å². The summed E-state index contributed by atoms with van der Waals surface area (Å²) < 4.78 is 10.3. The molecule has 2 aromatic rings. The van der Waals surface area contributed by atoms with Gasteiger partial charge in [0.15, 0.2) is 0 Å². The lowest BCUT2D eigenvalue weighted by atomic mass is 9.91. The first kappa shape index (κ1) is 29.6. The molecule has 3 rings (SSSR count). The number of ether oxygens (including phenoxy) is 2. The third-order valence-electron chi connectivity index (χ3n) is 6.20. The van der Waals surface area contributed by atoms with E-state index in [1.54, 1.807) is 13.0 Å². The number of benzene rings is 1. The van der Waals surface area contributed by atoms with Crippen LogP contribution in [0.15, 0.2) is 24.3 Å². The number of para-hydroxylation sites is 1. The fraction of sp³-hybridized carbons (Fsp3) is 0.400. The van der Waals surface area contributed by atoms with Gasteiger partial charge in [0.2, 0.25) is 5.91 Å². The Hall–Kier alpha value is -4.95. The standard InChI is InChI=1S/C25H28N4O11/c1-2-39-25(38)29-11-9-28(10-12-29)22(33)14(7-8-16(30)31)18-17(21(26)32)19(40-20(23(34)35)24(36)37)13-5-3-4-6-15(13)27-18/h3-6,14,20H,2,7-12H2,1H3,(H2,26,32)(H,30,31)(H,34,35)(H,36,37). The Morgan fingerprint density at radius 1 is 0.975 bits per heavy atom. The molecule has 1 saturated heterocycles. The second kappa shape index (κ2) is 12.7. The lowest BCUT2D eigenvalue weighted by molar-refractivity contribution is -0.159. The van der Waals surface area contributed by atoms with Gasteiger partial charge in [0, 0.05) is 38.0 Å². The number of carbonyl (C=O) groups excluding carboxylic acids is 3. The summed E-state index contributed by atoms with van der Waals surface area (Å²) in [5.41, 5.74) is 4.93. The van der Waals surface area contributed by atoms with Crippen LogP contribution in [-0.2, 0) is 23.9 Å². The predicted molar refractivity (Wildman–Crippen MR) is 135 cm³/mol. The minimum absolute atomic E-state index is 0.0556. The van der Waals surface area contributed by atoms with Gasteiger partial charge in [0.25, 0.3) is 12.0 Å². The van der Waals surface area contributed by atoms with Crippen LogP contribution in [0, 0.1) is 0 Å². The van der Waals surface area contributed by atoms with E-state index in [9.17, 15) is 44.1 Å². The third kappa shape index (κ3) is 6.54. The van der Waals surface area contributed by atoms with E-state index < -0.39 is 65.6 Å². The largest absolute Gasteiger partial charge is 0.481 e. The van der Waals surface area contributed by atoms with Gasteiger partial charge in [-0.15, -0.1) is 0 Å². The summed E-state index contributed by atoms with van der Waals surface area (Å²) in [6, 6.07) is 5.93. The van der Waals surface area contributed by atoms with E-state index in [0.717, 1.165) is 0 Å². The van der Waals surface area contributed by atoms with Gasteiger partial charge in [-0.2, -0.15) is 0 Å². The number of fused-ring (bicyclic) bond motifs is 1. The van der Waals surface area contributed by atoms with Gasteiger partial charge in [0.1, 0.15) is 11.3 Å². The van der Waals surface area contributed by atoms with Gasteiger partial charge in [-0.05, 0) is 25.5 Å². The van der Waals surface area contributed by atoms with Gasteiger partial charge in [-0.1, -0.05) is 12.1 Å². The average molecular weight is 561 g/mol. The third-order valence-corrected chi connectivity index (χ3v) is 6.20. The highest BCUT2D eigenvalue weighted by Crippen LogP contribution is 2.37. The van der Waals surface area contributed by atoms with Crippen molar-refractivity contribution in [1.82, 2.24) is 14.8 Å². The van der Waals surface area contributed by atoms with Crippen LogP contribution in [0.2, 0.25) is 0 Å². The SMILES string of the molecule is CCOC(=O)N1CCN(C(=O)C(CCC(=O)O)c2nc3ccccc3c(OC(C(=O)O)C(=O)O)c2C(N)=O)CC1. The number of primary amides is 1. The van der Waals surface area contributed by atoms with Crippen LogP contribution in [-0.4, -0.2) is 105 Å². The fourth-order valence-corrected chi connectivity index (χ4v) is 4.33. The van der Waals surface area contributed by atoms with Crippen molar-refractivity contribution in [2.45, 2.75) is 31.8 Å². The molecule has 5 N–H and O–H groups in total. The van der Waals surface area contributed by atoms with E-state index in [2.05, 4.69) is 4.98 Å². The van der Waals surface area contributed by atoms with Crippen molar-refractivity contribution >= 4 is 46.7 Å². The van der Waals surface area contributed by atoms with Crippen LogP contribution in [0.25, 0.3) is 10.9 Å². The van der Waals surface area contributed by atoms with Gasteiger partial charge in [-0.3, -0.25) is 19.4 Å². The van der Waals surface area contributed by atoms with Crippen LogP contribution in [0.3, 0.4) is 0 Å². The molecular weight excluding hydrogens is 532 g/mol. The molecule has 2 heterocycles. The average Bonchev–Trinajstić information content (AvgIpc) is 2.90. The van der Waals surface area contributed by atoms with E-state index in [1.807, 2.05) is 0 Å². The Morgan fingerprint density at radius 3 is 2.12 bits per heavy atom. The summed E-state index contributed by atoms with van der Waals surface area (Å²) in [6.07, 6.45) is -3.80. The van der Waals surface area contributed by atoms with Crippen molar-refractivity contribution in [3.05, 3.63) is 35.5 Å². The first-order valence-corrected chi connectivity index (χ1v) is 12.2. The highest BCUT2D eigenvalue weighted by atomic mass is 16.6. The molecule has 1 unspecified atom stereocenters. The van der Waals surface area contributed by atoms with Crippen molar-refractivity contribution in [3.63, 3.8) is 0 Å². The van der Waals surface area contributed by atoms with Gasteiger partial charge >= 0.3 is 24.0 Å². The number of carbonyl (C=O) groups is 6. The number of aromatic nitrogens is 1. The number of hydrogen-bond donors (Lipinski definition) is 4. The van der Waals surface area contributed by atoms with Gasteiger partial charge < -0.3 is 40.3 Å². The van der Waals surface area contributed by atoms with Gasteiger partial charge in [0.05, 0.1) is 23.7 Å². The number of hydrogen-bond acceptors (Lipinski definition) is 9. The van der Waals surface area contributed by atoms with E-state index in [4.69, 9.17) is 15.2 Å². The molecule has 15 nitrogen and oxygen atoms in total. The molecule has 0 aliphatic carbocycles. The molecule has 0 saturated carbocycles. The Balaban J connectivity index is 2.13. The number of rotatable bonds is 11. The molecule has 0 spiro atoms. The van der Waals surface area contributed by atoms with Crippen molar-refractivity contribution in [3.8, 4) is 5.75 Å². The van der Waals surface area contributed by atoms with Crippen LogP contribution in [0.4, 0.5) is 4.79 Å². The lowest BCUT2D eigenvalue weighted by Crippen LogP contribution is -2.52. The molecule has 1 aliphatic heterocycles. The maximum Gasteiger partial charge on any atom is 0.409 e. The van der Waals surface area contributed by atoms with Crippen molar-refractivity contribution in [2.75, 3.05) is 32.8 Å². The molecule has 1 aromatic heterocycles. The number of piperazine rings is 1. The Labute approximate surface area is 227 Å². The second-order valence-corrected chi connectivity index (χ2v) is 8.75. The Bertz CT molecular complexity index is 1320. The first-order valence-electron chi connectivity index (χ1n) is 12.2. The predicted octanol–water partition coefficient (Wildman–Crippen LogP) is 0.499. The summed E-state index contributed by atoms with van der Waals surface area (Å²) in [7, 11) is 0. The normalized spacial score (nSPS) is 14.1. The molecule has 0 radical (unpaired) electrons. The van der Waals surface area contributed by atoms with E-state index >= 15 is 0 Å². The maximum atomic E-state index is 13.8. The van der Waals surface area contributed by atoms with Crippen molar-refractivity contribution < 1.29 is 53.6 Å². The zero-order chi connectivity index (χ0) is 29.6. The number of pyridine rings is 1. The smallest absolute Gasteiger partial charge is 0.409 e. The fourth-order valence-electron chi connectivity index (χ4n) is 4.33. The van der Waals surface area contributed by atoms with E-state index in [1.165, 1.54) is 28.0 Å². The summed E-state index contributed by atoms with van der Waals surface area (Å²) in [4.78, 5) is 80.4. The van der Waals surface area contributed by atoms with Crippen LogP contribution in [0.1, 0.15) is 41.7 Å². The first-order chi connectivity index (χ1) is 19.0. The number of aliphatic carboxylic acids is 3. The maximum absolute atomic E-state index is 13.8. The van der Waals surface area contributed by atoms with Crippen LogP contribution >= 0.6 is 0 Å². The van der Waals surface area contributed by atoms with Crippen molar-refractivity contribution in [1.29, 1.82) is 0 Å². The van der Waals surface area contributed by atoms with Crippen molar-refractivity contribution in [2.24, 2.45) is 5.73 Å². The Morgan fingerprint density at radius 2 is 1.57 bits per heavy atom. The Kier molecular flexibility index (Phi) is 9.42. The van der Waals surface area contributed by atoms with E-state index in [0.29, 0.717) is 0 Å². The number of carboxylic acids is 3. The molecule has 1 fully saturated rings. The highest BCUT2D eigenvalue weighted by molar-refractivity contribution is 6.05. The molecule has 1 atom stereocenters. The number of nitrogens with two attached hydrogens (primary N) is 1. The van der Waals surface area contributed by atoms with Crippen LogP contribution in [0.5, 0.6) is 5.75 Å². The monoisotopic (exact) mass is 560 g/mol. The summed E-state index contributed by atoms with van der Waals surface area (Å²) in [6.45, 7) is 2.25. The number of nitrogens with zero attached hydrogens (tertiary/aromatic N) is 3. The summed E-state index contributed by atoms with van der Waals surface area (Å²) >= 11 is 0. The minimum atomic E-state index is -2.43. The molecule has 214 valence electrons. The molecule has 1 aliphatic rings. The lowest BCUT2D eigenvalue weighted by Gasteiger charge is -2.36. The summed E-state index contributed by atoms with van der Waals surface area (Å²) in [5, 5.41) is 28.2.